The van der Waals surface area contributed by atoms with Gasteiger partial charge in [-0.05, 0) is 59.7 Å². The maximum atomic E-state index is 14.3. The number of thioether (sulfide) groups is 1. The zero-order chi connectivity index (χ0) is 42.9. The van der Waals surface area contributed by atoms with Crippen LogP contribution in [0.1, 0.15) is 36.8 Å². The Morgan fingerprint density at radius 1 is 0.576 bits per heavy atom. The summed E-state index contributed by atoms with van der Waals surface area (Å²) in [6, 6.07) is 12.7. The maximum Gasteiger partial charge on any atom is 0.244 e. The molecule has 0 saturated carbocycles. The van der Waals surface area contributed by atoms with Gasteiger partial charge < -0.3 is 60.4 Å². The normalized spacial score (nSPS) is 20.4. The summed E-state index contributed by atoms with van der Waals surface area (Å²) in [4.78, 5) is 90.4. The molecule has 0 aliphatic carbocycles. The van der Waals surface area contributed by atoms with E-state index >= 15 is 0 Å². The van der Waals surface area contributed by atoms with Crippen molar-refractivity contribution in [2.75, 3.05) is 24.6 Å². The van der Waals surface area contributed by atoms with Crippen LogP contribution in [-0.4, -0.2) is 107 Å². The Bertz CT molecular complexity index is 2020. The minimum absolute atomic E-state index is 0.0171. The number of nitrogens with two attached hydrogens (primary N) is 5. The van der Waals surface area contributed by atoms with Crippen molar-refractivity contribution >= 4 is 69.9 Å². The highest BCUT2D eigenvalue weighted by Crippen LogP contribution is 2.18. The van der Waals surface area contributed by atoms with Crippen molar-refractivity contribution < 1.29 is 33.9 Å². The number of guanidine groups is 2. The number of rotatable bonds is 16. The average molecular weight is 833 g/mol. The van der Waals surface area contributed by atoms with Crippen molar-refractivity contribution in [3.8, 4) is 5.75 Å². The predicted molar refractivity (Wildman–Crippen MR) is 225 cm³/mol. The summed E-state index contributed by atoms with van der Waals surface area (Å²) in [7, 11) is 0. The standard InChI is InChI=1S/C39H52N12O7S/c40-32(53)21-59-20-31-37(58)50-29(18-22-10-13-26(52)14-11-22)35(56)48-27(7-3-15-45-38(41)42)33(54)47-28(8-4-16-46-39(43)44)34(55)49-30(36(57)51-31)19-23-9-12-24-5-1-2-6-25(24)17-23/h1-2,5-6,9-14,17,27-31,52H,3-4,7-8,15-16,18-21H2,(H2,40,53)(H,47,54)(H,48,56)(H,49,55)(H,50,58)(H,51,57)(H4,41,42,45)(H4,43,44,46)/t27-,28-,29+,30-,31+/m0/s1. The molecular weight excluding hydrogens is 781 g/mol. The number of aromatic hydroxyl groups is 1. The van der Waals surface area contributed by atoms with E-state index in [1.165, 1.54) is 12.1 Å². The Kier molecular flexibility index (Phi) is 17.1. The van der Waals surface area contributed by atoms with Crippen LogP contribution in [0.2, 0.25) is 0 Å². The second kappa shape index (κ2) is 22.4. The summed E-state index contributed by atoms with van der Waals surface area (Å²) >= 11 is 0.987. The van der Waals surface area contributed by atoms with Crippen LogP contribution in [0.25, 0.3) is 10.8 Å². The first-order valence-corrected chi connectivity index (χ1v) is 20.1. The Morgan fingerprint density at radius 3 is 1.54 bits per heavy atom. The third-order valence-electron chi connectivity index (χ3n) is 9.21. The third-order valence-corrected chi connectivity index (χ3v) is 10.3. The van der Waals surface area contributed by atoms with E-state index in [1.54, 1.807) is 12.1 Å². The molecule has 1 fully saturated rings. The molecule has 0 radical (unpaired) electrons. The van der Waals surface area contributed by atoms with E-state index in [-0.39, 0.29) is 80.8 Å². The molecule has 1 saturated heterocycles. The highest BCUT2D eigenvalue weighted by atomic mass is 32.2. The van der Waals surface area contributed by atoms with Gasteiger partial charge in [-0.15, -0.1) is 11.8 Å². The summed E-state index contributed by atoms with van der Waals surface area (Å²) < 4.78 is 0. The van der Waals surface area contributed by atoms with E-state index in [9.17, 15) is 33.9 Å². The molecule has 20 heteroatoms. The van der Waals surface area contributed by atoms with Gasteiger partial charge in [-0.25, -0.2) is 0 Å². The minimum atomic E-state index is -1.33. The van der Waals surface area contributed by atoms with E-state index < -0.39 is 65.7 Å². The lowest BCUT2D eigenvalue weighted by Crippen LogP contribution is -2.59. The second-order valence-electron chi connectivity index (χ2n) is 13.9. The zero-order valence-corrected chi connectivity index (χ0v) is 33.2. The van der Waals surface area contributed by atoms with Crippen molar-refractivity contribution in [3.63, 3.8) is 0 Å². The highest BCUT2D eigenvalue weighted by molar-refractivity contribution is 8.00. The maximum absolute atomic E-state index is 14.3. The number of fused-ring (bicyclic) bond motifs is 1. The number of carbonyl (C=O) groups is 6. The van der Waals surface area contributed by atoms with E-state index in [1.807, 2.05) is 42.5 Å². The lowest BCUT2D eigenvalue weighted by atomic mass is 10.00. The van der Waals surface area contributed by atoms with Crippen LogP contribution in [0, 0.1) is 0 Å². The zero-order valence-electron chi connectivity index (χ0n) is 32.4. The van der Waals surface area contributed by atoms with Gasteiger partial charge in [-0.3, -0.25) is 38.8 Å². The first kappa shape index (κ1) is 45.1. The molecule has 16 N–H and O–H groups in total. The van der Waals surface area contributed by atoms with Crippen molar-refractivity contribution in [1.82, 2.24) is 26.6 Å². The number of carbonyl (C=O) groups excluding carboxylic acids is 6. The van der Waals surface area contributed by atoms with E-state index in [0.29, 0.717) is 11.1 Å². The fraction of sp³-hybridized carbons (Fsp3) is 0.385. The number of nitrogens with zero attached hydrogens (tertiary/aromatic N) is 2. The van der Waals surface area contributed by atoms with Gasteiger partial charge >= 0.3 is 0 Å². The van der Waals surface area contributed by atoms with Gasteiger partial charge in [0, 0.05) is 31.7 Å². The molecule has 3 aromatic rings. The molecule has 0 unspecified atom stereocenters. The summed E-state index contributed by atoms with van der Waals surface area (Å²) in [5.41, 5.74) is 28.6. The summed E-state index contributed by atoms with van der Waals surface area (Å²) in [6.07, 6.45) is 0.421. The number of hydrogen-bond donors (Lipinski definition) is 11. The number of nitrogens with one attached hydrogen (secondary N) is 5. The molecule has 3 aromatic carbocycles. The molecule has 6 amide bonds. The molecule has 1 heterocycles. The minimum Gasteiger partial charge on any atom is -0.508 e. The quantitative estimate of drug-likeness (QED) is 0.0428. The Labute approximate surface area is 345 Å². The second-order valence-corrected chi connectivity index (χ2v) is 15.0. The predicted octanol–water partition coefficient (Wildman–Crippen LogP) is -1.91. The fourth-order valence-corrected chi connectivity index (χ4v) is 7.04. The van der Waals surface area contributed by atoms with Gasteiger partial charge in [0.15, 0.2) is 11.9 Å². The first-order valence-electron chi connectivity index (χ1n) is 18.9. The summed E-state index contributed by atoms with van der Waals surface area (Å²) in [6.45, 7) is 0.242. The number of phenols is 1. The Hall–Kier alpha value is -6.57. The fourth-order valence-electron chi connectivity index (χ4n) is 6.25. The molecule has 59 heavy (non-hydrogen) atoms. The van der Waals surface area contributed by atoms with Gasteiger partial charge in [0.1, 0.15) is 36.0 Å². The number of aliphatic imine (C=N–C) groups is 2. The molecule has 1 aliphatic heterocycles. The van der Waals surface area contributed by atoms with Crippen molar-refractivity contribution in [2.24, 2.45) is 38.7 Å². The topological polar surface area (TPSA) is 338 Å². The van der Waals surface area contributed by atoms with Gasteiger partial charge in [-0.1, -0.05) is 54.6 Å². The van der Waals surface area contributed by atoms with E-state index in [2.05, 4.69) is 36.6 Å². The number of hydrogen-bond acceptors (Lipinski definition) is 10. The van der Waals surface area contributed by atoms with Crippen LogP contribution in [0.3, 0.4) is 0 Å². The molecule has 0 aromatic heterocycles. The smallest absolute Gasteiger partial charge is 0.244 e. The number of primary amides is 1. The lowest BCUT2D eigenvalue weighted by molar-refractivity contribution is -0.134. The average Bonchev–Trinajstić information content (AvgIpc) is 3.19. The van der Waals surface area contributed by atoms with Crippen molar-refractivity contribution in [3.05, 3.63) is 77.9 Å². The largest absolute Gasteiger partial charge is 0.508 e. The number of amides is 6. The van der Waals surface area contributed by atoms with Gasteiger partial charge in [0.25, 0.3) is 0 Å². The summed E-state index contributed by atoms with van der Waals surface area (Å²) in [5, 5.41) is 25.4. The molecule has 316 valence electrons. The van der Waals surface area contributed by atoms with Crippen LogP contribution in [0.4, 0.5) is 0 Å². The van der Waals surface area contributed by atoms with E-state index in [0.717, 1.165) is 22.5 Å². The Morgan fingerprint density at radius 2 is 1.02 bits per heavy atom. The van der Waals surface area contributed by atoms with Crippen molar-refractivity contribution in [1.29, 1.82) is 0 Å². The van der Waals surface area contributed by atoms with Gasteiger partial charge in [0.05, 0.1) is 5.75 Å². The molecular formula is C39H52N12O7S. The van der Waals surface area contributed by atoms with Crippen LogP contribution in [0.5, 0.6) is 5.75 Å². The van der Waals surface area contributed by atoms with E-state index in [4.69, 9.17) is 28.7 Å². The number of benzene rings is 3. The van der Waals surface area contributed by atoms with Crippen LogP contribution >= 0.6 is 11.8 Å². The molecule has 0 bridgehead atoms. The molecule has 0 spiro atoms. The lowest BCUT2D eigenvalue weighted by Gasteiger charge is -2.26. The molecule has 1 aliphatic rings. The van der Waals surface area contributed by atoms with Crippen molar-refractivity contribution in [2.45, 2.75) is 68.7 Å². The monoisotopic (exact) mass is 832 g/mol. The molecule has 4 rings (SSSR count). The van der Waals surface area contributed by atoms with Gasteiger partial charge in [0.2, 0.25) is 35.4 Å². The van der Waals surface area contributed by atoms with Gasteiger partial charge in [-0.2, -0.15) is 0 Å². The summed E-state index contributed by atoms with van der Waals surface area (Å²) in [5.74, 6) is -5.06. The highest BCUT2D eigenvalue weighted by Gasteiger charge is 2.35. The van der Waals surface area contributed by atoms with Crippen LogP contribution < -0.4 is 55.3 Å². The third kappa shape index (κ3) is 15.0. The van der Waals surface area contributed by atoms with Crippen LogP contribution in [0.15, 0.2) is 76.7 Å². The first-order chi connectivity index (χ1) is 28.2. The Balaban J connectivity index is 1.78. The number of phenolic OH excluding ortho intramolecular Hbond substituents is 1. The SMILES string of the molecule is NC(=O)CSC[C@H]1NC(=O)[C@H](Cc2ccc3ccccc3c2)NC(=O)[C@H](CCCN=C(N)N)NC(=O)[C@H](CCCN=C(N)N)NC(=O)[C@@H](Cc2ccc(O)cc2)NC1=O. The molecule has 5 atom stereocenters. The van der Waals surface area contributed by atoms with Crippen LogP contribution in [-0.2, 0) is 41.6 Å². The molecule has 19 nitrogen and oxygen atoms in total.